The number of aromatic nitrogens is 3. The minimum absolute atomic E-state index is 0.703. The van der Waals surface area contributed by atoms with Gasteiger partial charge in [-0.15, -0.1) is 5.10 Å². The van der Waals surface area contributed by atoms with E-state index < -0.39 is 0 Å². The molecule has 0 bridgehead atoms. The highest BCUT2D eigenvalue weighted by molar-refractivity contribution is 8.00. The van der Waals surface area contributed by atoms with Crippen LogP contribution in [0.4, 0.5) is 0 Å². The lowest BCUT2D eigenvalue weighted by atomic mass is 10.3. The third-order valence-electron chi connectivity index (χ3n) is 0.822. The molecule has 56 valence electrons. The van der Waals surface area contributed by atoms with Crippen LogP contribution < -0.4 is 0 Å². The van der Waals surface area contributed by atoms with Crippen molar-refractivity contribution in [3.8, 4) is 0 Å². The van der Waals surface area contributed by atoms with E-state index in [9.17, 15) is 0 Å². The van der Waals surface area contributed by atoms with Crippen LogP contribution in [0.15, 0.2) is 4.34 Å². The predicted octanol–water partition coefficient (Wildman–Crippen LogP) is 1.68. The number of nitrogens with zero attached hydrogens (tertiary/aromatic N) is 3. The molecule has 0 unspecified atom stereocenters. The molecule has 0 fully saturated rings. The van der Waals surface area contributed by atoms with Gasteiger partial charge in [0, 0.05) is 17.3 Å². The highest BCUT2D eigenvalue weighted by atomic mass is 32.2. The Kier molecular flexibility index (Phi) is 3.08. The number of thioether (sulfide) groups is 1. The lowest BCUT2D eigenvalue weighted by molar-refractivity contribution is 0.749. The molecule has 0 spiro atoms. The van der Waals surface area contributed by atoms with E-state index in [0.29, 0.717) is 5.92 Å². The molecule has 0 amide bonds. The molecule has 0 saturated heterocycles. The van der Waals surface area contributed by atoms with Crippen molar-refractivity contribution in [2.75, 3.05) is 5.75 Å². The first-order valence-electron chi connectivity index (χ1n) is 3.07. The zero-order chi connectivity index (χ0) is 7.40. The first-order chi connectivity index (χ1) is 4.79. The van der Waals surface area contributed by atoms with Gasteiger partial charge in [0.2, 0.25) is 0 Å². The second-order valence-corrected chi connectivity index (χ2v) is 4.33. The van der Waals surface area contributed by atoms with Crippen LogP contribution >= 0.6 is 23.3 Å². The maximum absolute atomic E-state index is 3.81. The molecule has 3 nitrogen and oxygen atoms in total. The molecule has 1 heterocycles. The molecule has 0 radical (unpaired) electrons. The Morgan fingerprint density at radius 1 is 1.60 bits per heavy atom. The number of hydrogen-bond acceptors (Lipinski definition) is 5. The van der Waals surface area contributed by atoms with E-state index in [0.717, 1.165) is 10.1 Å². The van der Waals surface area contributed by atoms with Crippen molar-refractivity contribution >= 4 is 23.3 Å². The van der Waals surface area contributed by atoms with Crippen LogP contribution in [0, 0.1) is 5.92 Å². The molecular weight excluding hydrogens is 166 g/mol. The molecule has 0 aliphatic carbocycles. The molecule has 10 heavy (non-hydrogen) atoms. The highest BCUT2D eigenvalue weighted by Crippen LogP contribution is 2.19. The Labute approximate surface area is 68.4 Å². The van der Waals surface area contributed by atoms with Crippen molar-refractivity contribution in [1.82, 2.24) is 14.8 Å². The van der Waals surface area contributed by atoms with Gasteiger partial charge in [0.15, 0.2) is 4.34 Å². The number of rotatable bonds is 3. The summed E-state index contributed by atoms with van der Waals surface area (Å²) in [5.74, 6) is 1.80. The fraction of sp³-hybridized carbons (Fsp3) is 0.800. The summed E-state index contributed by atoms with van der Waals surface area (Å²) in [5, 5.41) is 7.31. The lowest BCUT2D eigenvalue weighted by Crippen LogP contribution is -1.89. The SMILES string of the molecule is CC(C)CSc1nnns1. The van der Waals surface area contributed by atoms with Crippen molar-refractivity contribution < 1.29 is 0 Å². The lowest BCUT2D eigenvalue weighted by Gasteiger charge is -1.98. The summed E-state index contributed by atoms with van der Waals surface area (Å²) in [6, 6.07) is 0. The molecule has 0 atom stereocenters. The topological polar surface area (TPSA) is 38.7 Å². The molecule has 1 rings (SSSR count). The van der Waals surface area contributed by atoms with Crippen LogP contribution in [0.25, 0.3) is 0 Å². The van der Waals surface area contributed by atoms with Crippen LogP contribution in [-0.2, 0) is 0 Å². The predicted molar refractivity (Wildman–Crippen MR) is 43.3 cm³/mol. The van der Waals surface area contributed by atoms with Crippen molar-refractivity contribution in [1.29, 1.82) is 0 Å². The van der Waals surface area contributed by atoms with Gasteiger partial charge in [0.05, 0.1) is 0 Å². The van der Waals surface area contributed by atoms with Gasteiger partial charge in [-0.2, -0.15) is 0 Å². The molecule has 0 saturated carbocycles. The van der Waals surface area contributed by atoms with E-state index in [1.54, 1.807) is 11.8 Å². The van der Waals surface area contributed by atoms with Gasteiger partial charge in [-0.05, 0) is 11.1 Å². The van der Waals surface area contributed by atoms with Gasteiger partial charge in [-0.25, -0.2) is 0 Å². The van der Waals surface area contributed by atoms with Crippen LogP contribution in [0.5, 0.6) is 0 Å². The second kappa shape index (κ2) is 3.88. The van der Waals surface area contributed by atoms with Gasteiger partial charge in [0.1, 0.15) is 0 Å². The van der Waals surface area contributed by atoms with Crippen molar-refractivity contribution in [3.63, 3.8) is 0 Å². The Bertz CT molecular complexity index is 173. The number of hydrogen-bond donors (Lipinski definition) is 0. The van der Waals surface area contributed by atoms with E-state index in [2.05, 4.69) is 28.6 Å². The Balaban J connectivity index is 2.28. The summed E-state index contributed by atoms with van der Waals surface area (Å²) in [4.78, 5) is 0. The first kappa shape index (κ1) is 7.94. The summed E-state index contributed by atoms with van der Waals surface area (Å²) in [6.45, 7) is 4.36. The molecule has 0 N–H and O–H groups in total. The molecule has 0 aromatic carbocycles. The molecule has 5 heteroatoms. The molecule has 1 aromatic rings. The third-order valence-corrected chi connectivity index (χ3v) is 2.95. The van der Waals surface area contributed by atoms with Crippen molar-refractivity contribution in [2.24, 2.45) is 5.92 Å². The van der Waals surface area contributed by atoms with Crippen LogP contribution in [-0.4, -0.2) is 20.6 Å². The Morgan fingerprint density at radius 3 is 2.90 bits per heavy atom. The van der Waals surface area contributed by atoms with Crippen LogP contribution in [0.2, 0.25) is 0 Å². The molecular formula is C5H9N3S2. The Hall–Kier alpha value is -0.160. The van der Waals surface area contributed by atoms with Gasteiger partial charge >= 0.3 is 0 Å². The van der Waals surface area contributed by atoms with E-state index in [4.69, 9.17) is 0 Å². The van der Waals surface area contributed by atoms with Gasteiger partial charge in [0.25, 0.3) is 0 Å². The highest BCUT2D eigenvalue weighted by Gasteiger charge is 1.99. The van der Waals surface area contributed by atoms with E-state index in [1.165, 1.54) is 11.5 Å². The summed E-state index contributed by atoms with van der Waals surface area (Å²) >= 11 is 3.07. The fourth-order valence-electron chi connectivity index (χ4n) is 0.419. The normalized spacial score (nSPS) is 10.7. The van der Waals surface area contributed by atoms with Crippen LogP contribution in [0.3, 0.4) is 0 Å². The minimum atomic E-state index is 0.703. The zero-order valence-electron chi connectivity index (χ0n) is 5.94. The first-order valence-corrected chi connectivity index (χ1v) is 4.83. The van der Waals surface area contributed by atoms with Crippen LogP contribution in [0.1, 0.15) is 13.8 Å². The summed E-state index contributed by atoms with van der Waals surface area (Å²) in [6.07, 6.45) is 0. The Morgan fingerprint density at radius 2 is 2.40 bits per heavy atom. The van der Waals surface area contributed by atoms with E-state index in [1.807, 2.05) is 0 Å². The molecule has 1 aromatic heterocycles. The monoisotopic (exact) mass is 175 g/mol. The average molecular weight is 175 g/mol. The van der Waals surface area contributed by atoms with Gasteiger partial charge in [-0.3, -0.25) is 0 Å². The largest absolute Gasteiger partial charge is 0.194 e. The molecule has 0 aliphatic rings. The van der Waals surface area contributed by atoms with Crippen molar-refractivity contribution in [2.45, 2.75) is 18.2 Å². The van der Waals surface area contributed by atoms with E-state index in [-0.39, 0.29) is 0 Å². The third kappa shape index (κ3) is 2.62. The maximum atomic E-state index is 3.81. The maximum Gasteiger partial charge on any atom is 0.194 e. The second-order valence-electron chi connectivity index (χ2n) is 2.33. The van der Waals surface area contributed by atoms with Gasteiger partial charge in [-0.1, -0.05) is 30.1 Å². The fourth-order valence-corrected chi connectivity index (χ4v) is 1.72. The summed E-state index contributed by atoms with van der Waals surface area (Å²) in [7, 11) is 0. The quantitative estimate of drug-likeness (QED) is 0.655. The minimum Gasteiger partial charge on any atom is -0.110 e. The molecule has 0 aliphatic heterocycles. The standard InChI is InChI=1S/C5H9N3S2/c1-4(2)3-9-5-6-7-8-10-5/h4H,3H2,1-2H3. The smallest absolute Gasteiger partial charge is 0.110 e. The zero-order valence-corrected chi connectivity index (χ0v) is 7.58. The van der Waals surface area contributed by atoms with Crippen molar-refractivity contribution in [3.05, 3.63) is 0 Å². The average Bonchev–Trinajstić information content (AvgIpc) is 2.34. The van der Waals surface area contributed by atoms with Gasteiger partial charge < -0.3 is 0 Å². The summed E-state index contributed by atoms with van der Waals surface area (Å²) in [5.41, 5.74) is 0. The summed E-state index contributed by atoms with van der Waals surface area (Å²) < 4.78 is 4.63. The van der Waals surface area contributed by atoms with E-state index >= 15 is 0 Å².